The highest BCUT2D eigenvalue weighted by molar-refractivity contribution is 5.78. The Bertz CT molecular complexity index is 458. The summed E-state index contributed by atoms with van der Waals surface area (Å²) >= 11 is 0. The van der Waals surface area contributed by atoms with Crippen LogP contribution in [-0.2, 0) is 11.3 Å². The number of carbonyl (C=O) groups is 1. The minimum absolute atomic E-state index is 0.0814. The molecular weight excluding hydrogens is 226 g/mol. The van der Waals surface area contributed by atoms with Crippen LogP contribution in [0, 0.1) is 17.2 Å². The number of amides is 1. The van der Waals surface area contributed by atoms with Crippen LogP contribution in [0.15, 0.2) is 24.3 Å². The second-order valence-electron chi connectivity index (χ2n) is 4.57. The smallest absolute Gasteiger partial charge is 0.224 e. The van der Waals surface area contributed by atoms with Gasteiger partial charge in [-0.25, -0.2) is 0 Å². The van der Waals surface area contributed by atoms with Crippen LogP contribution >= 0.6 is 0 Å². The lowest BCUT2D eigenvalue weighted by atomic mass is 9.99. The summed E-state index contributed by atoms with van der Waals surface area (Å²) in [5, 5.41) is 15.0. The molecule has 0 saturated carbocycles. The van der Waals surface area contributed by atoms with Crippen molar-refractivity contribution in [2.24, 2.45) is 5.92 Å². The van der Waals surface area contributed by atoms with Crippen LogP contribution in [0.25, 0.3) is 0 Å². The number of nitrogens with zero attached hydrogens (tertiary/aromatic N) is 1. The molecule has 1 amide bonds. The molecule has 4 nitrogen and oxygen atoms in total. The third-order valence-electron chi connectivity index (χ3n) is 3.19. The number of nitriles is 1. The van der Waals surface area contributed by atoms with Gasteiger partial charge in [0.1, 0.15) is 0 Å². The number of hydrogen-bond donors (Lipinski definition) is 2. The molecule has 0 spiro atoms. The predicted molar refractivity (Wildman–Crippen MR) is 68.6 cm³/mol. The van der Waals surface area contributed by atoms with E-state index in [2.05, 4.69) is 16.7 Å². The van der Waals surface area contributed by atoms with Gasteiger partial charge in [0, 0.05) is 13.1 Å². The molecule has 1 aromatic carbocycles. The lowest BCUT2D eigenvalue weighted by molar-refractivity contribution is -0.125. The lowest BCUT2D eigenvalue weighted by Crippen LogP contribution is -2.40. The third-order valence-corrected chi connectivity index (χ3v) is 3.19. The fourth-order valence-electron chi connectivity index (χ4n) is 2.16. The van der Waals surface area contributed by atoms with E-state index in [4.69, 9.17) is 5.26 Å². The zero-order valence-electron chi connectivity index (χ0n) is 10.3. The van der Waals surface area contributed by atoms with Gasteiger partial charge in [0.25, 0.3) is 0 Å². The summed E-state index contributed by atoms with van der Waals surface area (Å²) in [6, 6.07) is 9.41. The monoisotopic (exact) mass is 243 g/mol. The van der Waals surface area contributed by atoms with Gasteiger partial charge in [0.2, 0.25) is 5.91 Å². The van der Waals surface area contributed by atoms with Crippen LogP contribution in [0.2, 0.25) is 0 Å². The third kappa shape index (κ3) is 3.31. The number of piperidine rings is 1. The predicted octanol–water partition coefficient (Wildman–Crippen LogP) is 1.17. The molecule has 1 saturated heterocycles. The highest BCUT2D eigenvalue weighted by Gasteiger charge is 2.20. The van der Waals surface area contributed by atoms with E-state index < -0.39 is 0 Å². The van der Waals surface area contributed by atoms with Gasteiger partial charge >= 0.3 is 0 Å². The Morgan fingerprint density at radius 3 is 3.17 bits per heavy atom. The van der Waals surface area contributed by atoms with Crippen LogP contribution in [0.1, 0.15) is 24.0 Å². The molecule has 0 bridgehead atoms. The van der Waals surface area contributed by atoms with Crippen molar-refractivity contribution in [3.8, 4) is 6.07 Å². The highest BCUT2D eigenvalue weighted by Crippen LogP contribution is 2.10. The molecule has 94 valence electrons. The van der Waals surface area contributed by atoms with E-state index in [-0.39, 0.29) is 11.8 Å². The molecule has 0 aromatic heterocycles. The normalized spacial score (nSPS) is 18.9. The number of nitrogens with one attached hydrogen (secondary N) is 2. The van der Waals surface area contributed by atoms with Crippen molar-refractivity contribution in [3.63, 3.8) is 0 Å². The molecule has 1 fully saturated rings. The average molecular weight is 243 g/mol. The Hall–Kier alpha value is -1.86. The second-order valence-corrected chi connectivity index (χ2v) is 4.57. The highest BCUT2D eigenvalue weighted by atomic mass is 16.1. The number of hydrogen-bond acceptors (Lipinski definition) is 3. The van der Waals surface area contributed by atoms with Crippen molar-refractivity contribution in [1.82, 2.24) is 10.6 Å². The fourth-order valence-corrected chi connectivity index (χ4v) is 2.16. The van der Waals surface area contributed by atoms with Gasteiger partial charge in [-0.05, 0) is 37.1 Å². The van der Waals surface area contributed by atoms with Crippen molar-refractivity contribution in [2.75, 3.05) is 13.1 Å². The van der Waals surface area contributed by atoms with Crippen LogP contribution in [-0.4, -0.2) is 19.0 Å². The summed E-state index contributed by atoms with van der Waals surface area (Å²) in [5.41, 5.74) is 1.59. The molecule has 18 heavy (non-hydrogen) atoms. The second kappa shape index (κ2) is 6.18. The molecule has 2 N–H and O–H groups in total. The Morgan fingerprint density at radius 1 is 1.56 bits per heavy atom. The summed E-state index contributed by atoms with van der Waals surface area (Å²) in [6.45, 7) is 2.27. The van der Waals surface area contributed by atoms with Gasteiger partial charge in [-0.3, -0.25) is 4.79 Å². The SMILES string of the molecule is N#Cc1cccc(CNC(=O)[C@H]2CCCNC2)c1. The molecule has 1 aromatic rings. The first-order chi connectivity index (χ1) is 8.79. The largest absolute Gasteiger partial charge is 0.352 e. The first kappa shape index (κ1) is 12.6. The topological polar surface area (TPSA) is 64.9 Å². The molecule has 1 aliphatic heterocycles. The number of rotatable bonds is 3. The van der Waals surface area contributed by atoms with Crippen molar-refractivity contribution in [1.29, 1.82) is 5.26 Å². The minimum atomic E-state index is 0.0814. The molecule has 2 rings (SSSR count). The quantitative estimate of drug-likeness (QED) is 0.837. The maximum atomic E-state index is 11.9. The van der Waals surface area contributed by atoms with E-state index in [9.17, 15) is 4.79 Å². The van der Waals surface area contributed by atoms with Crippen LogP contribution in [0.4, 0.5) is 0 Å². The molecule has 1 heterocycles. The van der Waals surface area contributed by atoms with Gasteiger partial charge in [0.05, 0.1) is 17.6 Å². The summed E-state index contributed by atoms with van der Waals surface area (Å²) in [4.78, 5) is 11.9. The molecule has 0 aliphatic carbocycles. The van der Waals surface area contributed by atoms with Gasteiger partial charge in [0.15, 0.2) is 0 Å². The Labute approximate surface area is 107 Å². The summed E-state index contributed by atoms with van der Waals surface area (Å²) < 4.78 is 0. The van der Waals surface area contributed by atoms with E-state index in [1.54, 1.807) is 12.1 Å². The Balaban J connectivity index is 1.86. The van der Waals surface area contributed by atoms with Crippen molar-refractivity contribution in [2.45, 2.75) is 19.4 Å². The standard InChI is InChI=1S/C14H17N3O/c15-8-11-3-1-4-12(7-11)9-17-14(18)13-5-2-6-16-10-13/h1,3-4,7,13,16H,2,5-6,9-10H2,(H,17,18)/t13-/m0/s1. The average Bonchev–Trinajstić information content (AvgIpc) is 2.46. The molecular formula is C14H17N3O. The summed E-state index contributed by atoms with van der Waals surface area (Å²) in [7, 11) is 0. The van der Waals surface area contributed by atoms with Crippen LogP contribution < -0.4 is 10.6 Å². The van der Waals surface area contributed by atoms with Crippen molar-refractivity contribution in [3.05, 3.63) is 35.4 Å². The number of carbonyl (C=O) groups excluding carboxylic acids is 1. The Morgan fingerprint density at radius 2 is 2.44 bits per heavy atom. The molecule has 0 unspecified atom stereocenters. The fraction of sp³-hybridized carbons (Fsp3) is 0.429. The lowest BCUT2D eigenvalue weighted by Gasteiger charge is -2.21. The molecule has 1 atom stereocenters. The van der Waals surface area contributed by atoms with E-state index in [0.29, 0.717) is 12.1 Å². The maximum absolute atomic E-state index is 11.9. The summed E-state index contributed by atoms with van der Waals surface area (Å²) in [6.07, 6.45) is 2.01. The van der Waals surface area contributed by atoms with E-state index >= 15 is 0 Å². The van der Waals surface area contributed by atoms with Gasteiger partial charge in [-0.15, -0.1) is 0 Å². The van der Waals surface area contributed by atoms with E-state index in [1.165, 1.54) is 0 Å². The summed E-state index contributed by atoms with van der Waals surface area (Å²) in [5.74, 6) is 0.183. The molecule has 0 radical (unpaired) electrons. The van der Waals surface area contributed by atoms with Crippen LogP contribution in [0.3, 0.4) is 0 Å². The first-order valence-corrected chi connectivity index (χ1v) is 6.27. The molecule has 1 aliphatic rings. The van der Waals surface area contributed by atoms with Gasteiger partial charge in [-0.1, -0.05) is 12.1 Å². The minimum Gasteiger partial charge on any atom is -0.352 e. The maximum Gasteiger partial charge on any atom is 0.224 e. The van der Waals surface area contributed by atoms with Crippen molar-refractivity contribution < 1.29 is 4.79 Å². The number of benzene rings is 1. The first-order valence-electron chi connectivity index (χ1n) is 6.27. The van der Waals surface area contributed by atoms with E-state index in [0.717, 1.165) is 31.5 Å². The van der Waals surface area contributed by atoms with Gasteiger partial charge in [-0.2, -0.15) is 5.26 Å². The zero-order valence-corrected chi connectivity index (χ0v) is 10.3. The molecule has 4 heteroatoms. The van der Waals surface area contributed by atoms with Crippen LogP contribution in [0.5, 0.6) is 0 Å². The zero-order chi connectivity index (χ0) is 12.8. The Kier molecular flexibility index (Phi) is 4.32. The van der Waals surface area contributed by atoms with Crippen molar-refractivity contribution >= 4 is 5.91 Å². The van der Waals surface area contributed by atoms with Gasteiger partial charge < -0.3 is 10.6 Å². The van der Waals surface area contributed by atoms with E-state index in [1.807, 2.05) is 12.1 Å².